The van der Waals surface area contributed by atoms with E-state index in [2.05, 4.69) is 11.8 Å². The molecule has 0 amide bonds. The maximum atomic E-state index is 12.3. The molecule has 1 aliphatic rings. The zero-order valence-electron chi connectivity index (χ0n) is 11.2. The summed E-state index contributed by atoms with van der Waals surface area (Å²) >= 11 is 11.8. The van der Waals surface area contributed by atoms with Crippen molar-refractivity contribution in [1.29, 1.82) is 0 Å². The molecule has 0 aromatic heterocycles. The largest absolute Gasteiger partial charge is 0.293 e. The van der Waals surface area contributed by atoms with E-state index in [1.165, 1.54) is 19.3 Å². The van der Waals surface area contributed by atoms with Crippen LogP contribution < -0.4 is 0 Å². The highest BCUT2D eigenvalue weighted by Crippen LogP contribution is 2.24. The molecule has 1 fully saturated rings. The molecular formula is C15H19Cl2NO. The molecule has 1 heterocycles. The molecule has 0 saturated carbocycles. The Morgan fingerprint density at radius 2 is 2.11 bits per heavy atom. The molecule has 0 bridgehead atoms. The second kappa shape index (κ2) is 6.74. The van der Waals surface area contributed by atoms with E-state index in [1.807, 2.05) is 0 Å². The van der Waals surface area contributed by atoms with E-state index in [1.54, 1.807) is 18.2 Å². The number of benzene rings is 1. The Morgan fingerprint density at radius 3 is 2.79 bits per heavy atom. The van der Waals surface area contributed by atoms with Gasteiger partial charge in [-0.15, -0.1) is 0 Å². The maximum absolute atomic E-state index is 12.3. The van der Waals surface area contributed by atoms with Gasteiger partial charge >= 0.3 is 0 Å². The fraction of sp³-hybridized carbons (Fsp3) is 0.533. The minimum atomic E-state index is 0.124. The van der Waals surface area contributed by atoms with Crippen LogP contribution in [0.5, 0.6) is 0 Å². The average Bonchev–Trinajstić information content (AvgIpc) is 2.42. The van der Waals surface area contributed by atoms with E-state index in [0.717, 1.165) is 13.0 Å². The molecule has 2 nitrogen and oxygen atoms in total. The van der Waals surface area contributed by atoms with Crippen LogP contribution in [0.3, 0.4) is 0 Å². The number of carbonyl (C=O) groups excluding carboxylic acids is 1. The zero-order chi connectivity index (χ0) is 13.8. The van der Waals surface area contributed by atoms with Crippen LogP contribution in [0.25, 0.3) is 0 Å². The number of Topliss-reactive ketones (excluding diaryl/α,β-unsaturated/α-hetero) is 1. The van der Waals surface area contributed by atoms with Gasteiger partial charge in [-0.25, -0.2) is 0 Å². The highest BCUT2D eigenvalue weighted by atomic mass is 35.5. The van der Waals surface area contributed by atoms with Gasteiger partial charge in [-0.1, -0.05) is 36.5 Å². The van der Waals surface area contributed by atoms with Crippen molar-refractivity contribution in [2.45, 2.75) is 38.6 Å². The first-order valence-electron chi connectivity index (χ1n) is 6.84. The molecule has 1 unspecified atom stereocenters. The fourth-order valence-electron chi connectivity index (χ4n) is 2.68. The van der Waals surface area contributed by atoms with Crippen molar-refractivity contribution >= 4 is 29.0 Å². The van der Waals surface area contributed by atoms with Gasteiger partial charge in [-0.2, -0.15) is 0 Å². The first-order valence-corrected chi connectivity index (χ1v) is 7.59. The van der Waals surface area contributed by atoms with Gasteiger partial charge in [0.1, 0.15) is 0 Å². The van der Waals surface area contributed by atoms with E-state index < -0.39 is 0 Å². The maximum Gasteiger partial charge on any atom is 0.176 e. The number of hydrogen-bond donors (Lipinski definition) is 0. The lowest BCUT2D eigenvalue weighted by Gasteiger charge is -2.34. The Balaban J connectivity index is 2.05. The standard InChI is InChI=1S/C15H19Cl2NO/c1-2-12-5-3-4-8-18(12)10-15(19)11-6-7-13(16)14(17)9-11/h6-7,9,12H,2-5,8,10H2,1H3. The van der Waals surface area contributed by atoms with Gasteiger partial charge in [0.05, 0.1) is 16.6 Å². The molecule has 0 N–H and O–H groups in total. The number of carbonyl (C=O) groups is 1. The van der Waals surface area contributed by atoms with Crippen molar-refractivity contribution in [2.75, 3.05) is 13.1 Å². The van der Waals surface area contributed by atoms with Crippen LogP contribution in [0.2, 0.25) is 10.0 Å². The number of hydrogen-bond acceptors (Lipinski definition) is 2. The average molecular weight is 300 g/mol. The number of rotatable bonds is 4. The van der Waals surface area contributed by atoms with Crippen LogP contribution >= 0.6 is 23.2 Å². The lowest BCUT2D eigenvalue weighted by molar-refractivity contribution is 0.0838. The quantitative estimate of drug-likeness (QED) is 0.766. The topological polar surface area (TPSA) is 20.3 Å². The molecular weight excluding hydrogens is 281 g/mol. The predicted molar refractivity (Wildman–Crippen MR) is 80.3 cm³/mol. The minimum absolute atomic E-state index is 0.124. The molecule has 0 aliphatic carbocycles. The second-order valence-electron chi connectivity index (χ2n) is 5.08. The Kier molecular flexibility index (Phi) is 5.26. The molecule has 1 atom stereocenters. The van der Waals surface area contributed by atoms with Crippen LogP contribution in [0.4, 0.5) is 0 Å². The Bertz CT molecular complexity index is 461. The van der Waals surface area contributed by atoms with E-state index in [-0.39, 0.29) is 5.78 Å². The van der Waals surface area contributed by atoms with E-state index in [4.69, 9.17) is 23.2 Å². The summed E-state index contributed by atoms with van der Waals surface area (Å²) in [7, 11) is 0. The Morgan fingerprint density at radius 1 is 1.32 bits per heavy atom. The predicted octanol–water partition coefficient (Wildman–Crippen LogP) is 4.44. The van der Waals surface area contributed by atoms with Crippen molar-refractivity contribution in [2.24, 2.45) is 0 Å². The summed E-state index contributed by atoms with van der Waals surface area (Å²) in [6.07, 6.45) is 4.76. The SMILES string of the molecule is CCC1CCCCN1CC(=O)c1ccc(Cl)c(Cl)c1. The monoisotopic (exact) mass is 299 g/mol. The second-order valence-corrected chi connectivity index (χ2v) is 5.89. The van der Waals surface area contributed by atoms with Crippen molar-refractivity contribution in [3.8, 4) is 0 Å². The molecule has 1 aliphatic heterocycles. The molecule has 4 heteroatoms. The smallest absolute Gasteiger partial charge is 0.176 e. The van der Waals surface area contributed by atoms with Gasteiger partial charge in [-0.05, 0) is 44.0 Å². The van der Waals surface area contributed by atoms with Crippen molar-refractivity contribution < 1.29 is 4.79 Å². The molecule has 0 spiro atoms. The third kappa shape index (κ3) is 3.71. The molecule has 2 rings (SSSR count). The van der Waals surface area contributed by atoms with Gasteiger partial charge in [-0.3, -0.25) is 9.69 Å². The summed E-state index contributed by atoms with van der Waals surface area (Å²) in [6, 6.07) is 5.64. The van der Waals surface area contributed by atoms with Crippen LogP contribution in [0.15, 0.2) is 18.2 Å². The highest BCUT2D eigenvalue weighted by molar-refractivity contribution is 6.42. The lowest BCUT2D eigenvalue weighted by Crippen LogP contribution is -2.42. The number of piperidine rings is 1. The molecule has 104 valence electrons. The normalized spacial score (nSPS) is 20.5. The third-order valence-electron chi connectivity index (χ3n) is 3.81. The van der Waals surface area contributed by atoms with Gasteiger partial charge in [0, 0.05) is 11.6 Å². The van der Waals surface area contributed by atoms with Crippen molar-refractivity contribution in [3.63, 3.8) is 0 Å². The van der Waals surface area contributed by atoms with Crippen molar-refractivity contribution in [1.82, 2.24) is 4.90 Å². The Labute approximate surface area is 124 Å². The molecule has 0 radical (unpaired) electrons. The summed E-state index contributed by atoms with van der Waals surface area (Å²) in [5, 5.41) is 0.931. The van der Waals surface area contributed by atoms with Crippen molar-refractivity contribution in [3.05, 3.63) is 33.8 Å². The summed E-state index contributed by atoms with van der Waals surface area (Å²) in [4.78, 5) is 14.6. The zero-order valence-corrected chi connectivity index (χ0v) is 12.7. The van der Waals surface area contributed by atoms with Gasteiger partial charge < -0.3 is 0 Å². The first-order chi connectivity index (χ1) is 9.11. The van der Waals surface area contributed by atoms with Gasteiger partial charge in [0.25, 0.3) is 0 Å². The fourth-order valence-corrected chi connectivity index (χ4v) is 2.97. The number of halogens is 2. The van der Waals surface area contributed by atoms with Crippen LogP contribution in [-0.2, 0) is 0 Å². The number of nitrogens with zero attached hydrogens (tertiary/aromatic N) is 1. The summed E-state index contributed by atoms with van der Waals surface area (Å²) < 4.78 is 0. The summed E-state index contributed by atoms with van der Waals surface area (Å²) in [6.45, 7) is 3.69. The third-order valence-corrected chi connectivity index (χ3v) is 4.55. The van der Waals surface area contributed by atoms with Gasteiger partial charge in [0.15, 0.2) is 5.78 Å². The summed E-state index contributed by atoms with van der Waals surface area (Å²) in [5.41, 5.74) is 0.648. The lowest BCUT2D eigenvalue weighted by atomic mass is 9.99. The van der Waals surface area contributed by atoms with Crippen LogP contribution in [0, 0.1) is 0 Å². The number of likely N-dealkylation sites (tertiary alicyclic amines) is 1. The highest BCUT2D eigenvalue weighted by Gasteiger charge is 2.23. The minimum Gasteiger partial charge on any atom is -0.293 e. The molecule has 1 aromatic rings. The number of ketones is 1. The van der Waals surface area contributed by atoms with E-state index in [9.17, 15) is 4.79 Å². The molecule has 19 heavy (non-hydrogen) atoms. The van der Waals surface area contributed by atoms with E-state index in [0.29, 0.717) is 28.2 Å². The first kappa shape index (κ1) is 14.8. The van der Waals surface area contributed by atoms with Crippen LogP contribution in [-0.4, -0.2) is 29.8 Å². The molecule has 1 aromatic carbocycles. The Hall–Kier alpha value is -0.570. The molecule has 1 saturated heterocycles. The summed E-state index contributed by atoms with van der Waals surface area (Å²) in [5.74, 6) is 0.124. The van der Waals surface area contributed by atoms with E-state index >= 15 is 0 Å². The van der Waals surface area contributed by atoms with Gasteiger partial charge in [0.2, 0.25) is 0 Å². The van der Waals surface area contributed by atoms with Crippen LogP contribution in [0.1, 0.15) is 43.0 Å².